The molecule has 4 aromatic rings. The number of phenolic OH excluding ortho intramolecular Hbond substituents is 1. The first-order chi connectivity index (χ1) is 15.6. The number of carbonyl (C=O) groups excluding carboxylic acids is 1. The standard InChI is InChI=1S/C25H20N4O3/c1-32-22-4-2-3-18(12-22)16-29-10-9-19-11-17(5-7-23(19)29)15-27-28-25(31)20-6-8-24(30)21(13-20)14-26/h2-13,15,30H,16H2,1H3,(H,28,31). The van der Waals surface area contributed by atoms with E-state index in [1.54, 1.807) is 13.3 Å². The van der Waals surface area contributed by atoms with Crippen molar-refractivity contribution in [3.63, 3.8) is 0 Å². The van der Waals surface area contributed by atoms with Gasteiger partial charge in [0.2, 0.25) is 0 Å². The molecule has 0 atom stereocenters. The maximum atomic E-state index is 12.2. The molecule has 3 aromatic carbocycles. The number of carbonyl (C=O) groups is 1. The number of amides is 1. The fraction of sp³-hybridized carbons (Fsp3) is 0.0800. The number of hydrogen-bond acceptors (Lipinski definition) is 5. The third kappa shape index (κ3) is 4.45. The molecular formula is C25H20N4O3. The van der Waals surface area contributed by atoms with Crippen LogP contribution in [-0.4, -0.2) is 28.9 Å². The van der Waals surface area contributed by atoms with E-state index in [4.69, 9.17) is 10.00 Å². The Morgan fingerprint density at radius 1 is 1.19 bits per heavy atom. The number of aromatic nitrogens is 1. The monoisotopic (exact) mass is 424 g/mol. The van der Waals surface area contributed by atoms with Crippen molar-refractivity contribution in [3.8, 4) is 17.6 Å². The second-order valence-electron chi connectivity index (χ2n) is 7.16. The first-order valence-electron chi connectivity index (χ1n) is 9.86. The lowest BCUT2D eigenvalue weighted by molar-refractivity contribution is 0.0955. The second-order valence-corrected chi connectivity index (χ2v) is 7.16. The fourth-order valence-corrected chi connectivity index (χ4v) is 3.40. The van der Waals surface area contributed by atoms with E-state index in [1.807, 2.05) is 54.7 Å². The van der Waals surface area contributed by atoms with Gasteiger partial charge < -0.3 is 14.4 Å². The van der Waals surface area contributed by atoms with Crippen LogP contribution in [-0.2, 0) is 6.54 Å². The number of benzene rings is 3. The number of methoxy groups -OCH3 is 1. The Bertz CT molecular complexity index is 1370. The third-order valence-corrected chi connectivity index (χ3v) is 5.04. The Hall–Kier alpha value is -4.57. The van der Waals surface area contributed by atoms with Gasteiger partial charge in [0.1, 0.15) is 17.6 Å². The molecule has 1 heterocycles. The third-order valence-electron chi connectivity index (χ3n) is 5.04. The molecule has 0 radical (unpaired) electrons. The zero-order valence-corrected chi connectivity index (χ0v) is 17.3. The minimum atomic E-state index is -0.469. The predicted octanol–water partition coefficient (Wildman–Crippen LogP) is 4.04. The summed E-state index contributed by atoms with van der Waals surface area (Å²) in [6.07, 6.45) is 3.59. The molecule has 0 bridgehead atoms. The molecule has 1 aromatic heterocycles. The summed E-state index contributed by atoms with van der Waals surface area (Å²) in [6, 6.07) is 21.8. The molecule has 0 unspecified atom stereocenters. The SMILES string of the molecule is COc1cccc(Cn2ccc3cc(C=NNC(=O)c4ccc(O)c(C#N)c4)ccc32)c1. The van der Waals surface area contributed by atoms with Gasteiger partial charge in [-0.1, -0.05) is 18.2 Å². The summed E-state index contributed by atoms with van der Waals surface area (Å²) in [7, 11) is 1.66. The summed E-state index contributed by atoms with van der Waals surface area (Å²) < 4.78 is 7.45. The Balaban J connectivity index is 1.46. The Kier molecular flexibility index (Phi) is 5.86. The zero-order valence-electron chi connectivity index (χ0n) is 17.3. The van der Waals surface area contributed by atoms with Gasteiger partial charge >= 0.3 is 0 Å². The summed E-state index contributed by atoms with van der Waals surface area (Å²) in [5.74, 6) is 0.193. The molecule has 4 rings (SSSR count). The normalized spacial score (nSPS) is 10.9. The molecule has 0 saturated carbocycles. The highest BCUT2D eigenvalue weighted by Crippen LogP contribution is 2.20. The first kappa shape index (κ1) is 20.7. The van der Waals surface area contributed by atoms with Crippen LogP contribution >= 0.6 is 0 Å². The Morgan fingerprint density at radius 2 is 2.06 bits per heavy atom. The molecule has 0 aliphatic carbocycles. The van der Waals surface area contributed by atoms with Crippen LogP contribution in [0.2, 0.25) is 0 Å². The molecule has 32 heavy (non-hydrogen) atoms. The maximum absolute atomic E-state index is 12.2. The van der Waals surface area contributed by atoms with Gasteiger partial charge in [0.05, 0.1) is 18.9 Å². The number of hydrazone groups is 1. The molecular weight excluding hydrogens is 404 g/mol. The van der Waals surface area contributed by atoms with Gasteiger partial charge in [-0.15, -0.1) is 0 Å². The van der Waals surface area contributed by atoms with E-state index in [1.165, 1.54) is 18.2 Å². The molecule has 0 fully saturated rings. The van der Waals surface area contributed by atoms with E-state index in [0.717, 1.165) is 34.3 Å². The van der Waals surface area contributed by atoms with Gasteiger partial charge in [-0.05, 0) is 59.7 Å². The van der Waals surface area contributed by atoms with E-state index >= 15 is 0 Å². The van der Waals surface area contributed by atoms with Gasteiger partial charge in [-0.3, -0.25) is 4.79 Å². The fourth-order valence-electron chi connectivity index (χ4n) is 3.40. The van der Waals surface area contributed by atoms with E-state index in [2.05, 4.69) is 21.2 Å². The van der Waals surface area contributed by atoms with Gasteiger partial charge in [0.25, 0.3) is 5.91 Å². The lowest BCUT2D eigenvalue weighted by Crippen LogP contribution is -2.17. The highest BCUT2D eigenvalue weighted by Gasteiger charge is 2.08. The lowest BCUT2D eigenvalue weighted by atomic mass is 10.1. The molecule has 7 nitrogen and oxygen atoms in total. The largest absolute Gasteiger partial charge is 0.507 e. The average molecular weight is 424 g/mol. The van der Waals surface area contributed by atoms with Gasteiger partial charge in [-0.25, -0.2) is 5.43 Å². The molecule has 7 heteroatoms. The van der Waals surface area contributed by atoms with Crippen molar-refractivity contribution in [2.45, 2.75) is 6.54 Å². The number of aromatic hydroxyl groups is 1. The van der Waals surface area contributed by atoms with Crippen LogP contribution in [0.5, 0.6) is 11.5 Å². The number of rotatable bonds is 6. The van der Waals surface area contributed by atoms with E-state index < -0.39 is 5.91 Å². The summed E-state index contributed by atoms with van der Waals surface area (Å²) in [5, 5.41) is 23.6. The predicted molar refractivity (Wildman–Crippen MR) is 122 cm³/mol. The van der Waals surface area contributed by atoms with Crippen LogP contribution in [0.25, 0.3) is 10.9 Å². The second kappa shape index (κ2) is 9.06. The molecule has 0 spiro atoms. The summed E-state index contributed by atoms with van der Waals surface area (Å²) in [6.45, 7) is 0.724. The van der Waals surface area contributed by atoms with E-state index in [9.17, 15) is 9.90 Å². The number of nitrogens with zero attached hydrogens (tertiary/aromatic N) is 3. The van der Waals surface area contributed by atoms with Crippen molar-refractivity contribution >= 4 is 23.0 Å². The summed E-state index contributed by atoms with van der Waals surface area (Å²) in [5.41, 5.74) is 5.77. The number of hydrogen-bond donors (Lipinski definition) is 2. The quantitative estimate of drug-likeness (QED) is 0.360. The molecule has 0 aliphatic rings. The van der Waals surface area contributed by atoms with E-state index in [-0.39, 0.29) is 16.9 Å². The van der Waals surface area contributed by atoms with E-state index in [0.29, 0.717) is 0 Å². The van der Waals surface area contributed by atoms with Gasteiger partial charge in [-0.2, -0.15) is 10.4 Å². The van der Waals surface area contributed by atoms with Crippen LogP contribution in [0.1, 0.15) is 27.0 Å². The number of ether oxygens (including phenoxy) is 1. The highest BCUT2D eigenvalue weighted by atomic mass is 16.5. The Morgan fingerprint density at radius 3 is 2.88 bits per heavy atom. The van der Waals surface area contributed by atoms with Crippen molar-refractivity contribution in [1.82, 2.24) is 9.99 Å². The van der Waals surface area contributed by atoms with Crippen molar-refractivity contribution < 1.29 is 14.6 Å². The molecule has 0 saturated heterocycles. The highest BCUT2D eigenvalue weighted by molar-refractivity contribution is 5.96. The molecule has 0 aliphatic heterocycles. The van der Waals surface area contributed by atoms with Crippen molar-refractivity contribution in [2.75, 3.05) is 7.11 Å². The zero-order chi connectivity index (χ0) is 22.5. The van der Waals surface area contributed by atoms with Gasteiger partial charge in [0, 0.05) is 29.2 Å². The number of nitrogens with one attached hydrogen (secondary N) is 1. The summed E-state index contributed by atoms with van der Waals surface area (Å²) >= 11 is 0. The smallest absolute Gasteiger partial charge is 0.271 e. The number of phenols is 1. The minimum absolute atomic E-state index is 0.0329. The summed E-state index contributed by atoms with van der Waals surface area (Å²) in [4.78, 5) is 12.2. The average Bonchev–Trinajstić information content (AvgIpc) is 3.21. The topological polar surface area (TPSA) is 99.6 Å². The Labute approximate surface area is 184 Å². The van der Waals surface area contributed by atoms with Gasteiger partial charge in [0.15, 0.2) is 0 Å². The van der Waals surface area contributed by atoms with Crippen LogP contribution in [0, 0.1) is 11.3 Å². The van der Waals surface area contributed by atoms with Crippen molar-refractivity contribution in [1.29, 1.82) is 5.26 Å². The van der Waals surface area contributed by atoms with Crippen molar-refractivity contribution in [2.24, 2.45) is 5.10 Å². The van der Waals surface area contributed by atoms with Crippen molar-refractivity contribution in [3.05, 3.63) is 95.2 Å². The van der Waals surface area contributed by atoms with Crippen LogP contribution in [0.3, 0.4) is 0 Å². The molecule has 1 amide bonds. The molecule has 158 valence electrons. The first-order valence-corrected chi connectivity index (χ1v) is 9.86. The number of fused-ring (bicyclic) bond motifs is 1. The van der Waals surface area contributed by atoms with Crippen LogP contribution in [0.15, 0.2) is 78.0 Å². The maximum Gasteiger partial charge on any atom is 0.271 e. The number of nitriles is 1. The van der Waals surface area contributed by atoms with Crippen LogP contribution in [0.4, 0.5) is 0 Å². The lowest BCUT2D eigenvalue weighted by Gasteiger charge is -2.08. The van der Waals surface area contributed by atoms with Crippen LogP contribution < -0.4 is 10.2 Å². The molecule has 2 N–H and O–H groups in total. The minimum Gasteiger partial charge on any atom is -0.507 e.